The van der Waals surface area contributed by atoms with E-state index in [1.807, 2.05) is 13.8 Å². The summed E-state index contributed by atoms with van der Waals surface area (Å²) in [5.41, 5.74) is 0.913. The fourth-order valence-electron chi connectivity index (χ4n) is 2.08. The van der Waals surface area contributed by atoms with Crippen LogP contribution in [-0.4, -0.2) is 31.1 Å². The molecule has 1 aliphatic rings. The number of rotatable bonds is 4. The number of halogens is 1. The summed E-state index contributed by atoms with van der Waals surface area (Å²) in [6, 6.07) is 4.88. The summed E-state index contributed by atoms with van der Waals surface area (Å²) < 4.78 is 5.19. The highest BCUT2D eigenvalue weighted by Crippen LogP contribution is 2.25. The van der Waals surface area contributed by atoms with E-state index in [2.05, 4.69) is 10.6 Å². The van der Waals surface area contributed by atoms with Gasteiger partial charge in [-0.2, -0.15) is 0 Å². The van der Waals surface area contributed by atoms with Crippen molar-refractivity contribution in [1.29, 1.82) is 0 Å². The van der Waals surface area contributed by atoms with Gasteiger partial charge >= 0.3 is 0 Å². The molecule has 1 saturated heterocycles. The molecule has 1 aromatic carbocycles. The summed E-state index contributed by atoms with van der Waals surface area (Å²) >= 11 is 6.08. The Bertz CT molecular complexity index is 540. The summed E-state index contributed by atoms with van der Waals surface area (Å²) in [6.07, 6.45) is 0.705. The summed E-state index contributed by atoms with van der Waals surface area (Å²) in [6.45, 7) is 4.80. The maximum absolute atomic E-state index is 12.1. The van der Waals surface area contributed by atoms with Gasteiger partial charge in [0.15, 0.2) is 0 Å². The van der Waals surface area contributed by atoms with Crippen LogP contribution in [0.2, 0.25) is 5.02 Å². The van der Waals surface area contributed by atoms with Gasteiger partial charge in [0.1, 0.15) is 0 Å². The predicted octanol–water partition coefficient (Wildman–Crippen LogP) is 2.45. The lowest BCUT2D eigenvalue weighted by Crippen LogP contribution is -2.30. The van der Waals surface area contributed by atoms with E-state index < -0.39 is 0 Å². The van der Waals surface area contributed by atoms with Gasteiger partial charge < -0.3 is 15.4 Å². The average molecular weight is 311 g/mol. The zero-order valence-corrected chi connectivity index (χ0v) is 12.9. The highest BCUT2D eigenvalue weighted by Gasteiger charge is 2.24. The van der Waals surface area contributed by atoms with E-state index in [-0.39, 0.29) is 23.8 Å². The average Bonchev–Trinajstić information content (AvgIpc) is 2.94. The zero-order chi connectivity index (χ0) is 15.4. The fourth-order valence-corrected chi connectivity index (χ4v) is 2.25. The van der Waals surface area contributed by atoms with Crippen molar-refractivity contribution in [3.8, 4) is 0 Å². The maximum atomic E-state index is 12.1. The molecule has 1 unspecified atom stereocenters. The molecule has 21 heavy (non-hydrogen) atoms. The van der Waals surface area contributed by atoms with Crippen LogP contribution < -0.4 is 10.6 Å². The monoisotopic (exact) mass is 310 g/mol. The third-order valence-electron chi connectivity index (χ3n) is 3.21. The molecule has 2 amide bonds. The van der Waals surface area contributed by atoms with Crippen LogP contribution in [0.3, 0.4) is 0 Å². The molecule has 1 atom stereocenters. The van der Waals surface area contributed by atoms with Gasteiger partial charge in [-0.25, -0.2) is 0 Å². The molecule has 0 aromatic heterocycles. The van der Waals surface area contributed by atoms with Crippen LogP contribution in [0.4, 0.5) is 5.69 Å². The molecular formula is C15H19ClN2O3. The van der Waals surface area contributed by atoms with Crippen LogP contribution in [0.15, 0.2) is 18.2 Å². The van der Waals surface area contributed by atoms with Gasteiger partial charge in [0, 0.05) is 18.2 Å². The maximum Gasteiger partial charge on any atom is 0.251 e. The van der Waals surface area contributed by atoms with E-state index in [9.17, 15) is 9.59 Å². The van der Waals surface area contributed by atoms with Gasteiger partial charge in [0.05, 0.1) is 23.2 Å². The van der Waals surface area contributed by atoms with E-state index in [4.69, 9.17) is 16.3 Å². The predicted molar refractivity (Wildman–Crippen MR) is 81.6 cm³/mol. The van der Waals surface area contributed by atoms with Gasteiger partial charge in [-0.05, 0) is 38.5 Å². The molecule has 0 bridgehead atoms. The minimum absolute atomic E-state index is 0.0434. The van der Waals surface area contributed by atoms with Crippen molar-refractivity contribution in [3.05, 3.63) is 28.8 Å². The number of ether oxygens (including phenoxy) is 1. The van der Waals surface area contributed by atoms with E-state index in [0.29, 0.717) is 35.9 Å². The first-order valence-corrected chi connectivity index (χ1v) is 7.34. The van der Waals surface area contributed by atoms with Gasteiger partial charge in [-0.15, -0.1) is 0 Å². The number of carbonyl (C=O) groups excluding carboxylic acids is 2. The lowest BCUT2D eigenvalue weighted by atomic mass is 10.1. The van der Waals surface area contributed by atoms with Gasteiger partial charge in [0.25, 0.3) is 5.91 Å². The number of hydrogen-bond donors (Lipinski definition) is 2. The van der Waals surface area contributed by atoms with E-state index in [0.717, 1.165) is 0 Å². The van der Waals surface area contributed by atoms with Crippen LogP contribution in [0.1, 0.15) is 30.6 Å². The van der Waals surface area contributed by atoms with E-state index >= 15 is 0 Å². The molecule has 0 saturated carbocycles. The van der Waals surface area contributed by atoms with E-state index in [1.54, 1.807) is 18.2 Å². The molecule has 1 aromatic rings. The fraction of sp³-hybridized carbons (Fsp3) is 0.467. The lowest BCUT2D eigenvalue weighted by molar-refractivity contribution is -0.119. The van der Waals surface area contributed by atoms with Crippen LogP contribution in [0, 0.1) is 5.92 Å². The van der Waals surface area contributed by atoms with Gasteiger partial charge in [-0.3, -0.25) is 9.59 Å². The Morgan fingerprint density at radius 1 is 1.38 bits per heavy atom. The van der Waals surface area contributed by atoms with Gasteiger partial charge in [0.2, 0.25) is 5.91 Å². The molecule has 1 heterocycles. The summed E-state index contributed by atoms with van der Waals surface area (Å²) in [5.74, 6) is -0.480. The largest absolute Gasteiger partial charge is 0.381 e. The lowest BCUT2D eigenvalue weighted by Gasteiger charge is -2.13. The first kappa shape index (κ1) is 15.8. The number of nitrogens with one attached hydrogen (secondary N) is 2. The second-order valence-corrected chi connectivity index (χ2v) is 5.78. The highest BCUT2D eigenvalue weighted by atomic mass is 35.5. The van der Waals surface area contributed by atoms with Crippen molar-refractivity contribution < 1.29 is 14.3 Å². The molecule has 0 spiro atoms. The Hall–Kier alpha value is -1.59. The standard InChI is InChI=1S/C15H19ClN2O3/c1-9(2)17-14(19)10-3-4-12(16)13(7-10)18-15(20)11-5-6-21-8-11/h3-4,7,9,11H,5-6,8H2,1-2H3,(H,17,19)(H,18,20). The number of hydrogen-bond acceptors (Lipinski definition) is 3. The van der Waals surface area contributed by atoms with Crippen LogP contribution >= 0.6 is 11.6 Å². The third kappa shape index (κ3) is 4.19. The molecule has 6 heteroatoms. The van der Waals surface area contributed by atoms with Crippen LogP contribution in [0.25, 0.3) is 0 Å². The topological polar surface area (TPSA) is 67.4 Å². The number of benzene rings is 1. The van der Waals surface area contributed by atoms with Crippen molar-refractivity contribution in [1.82, 2.24) is 5.32 Å². The second-order valence-electron chi connectivity index (χ2n) is 5.37. The Labute approximate surface area is 129 Å². The highest BCUT2D eigenvalue weighted by molar-refractivity contribution is 6.33. The van der Waals surface area contributed by atoms with Crippen molar-refractivity contribution in [2.24, 2.45) is 5.92 Å². The number of carbonyl (C=O) groups is 2. The molecule has 114 valence electrons. The Morgan fingerprint density at radius 3 is 2.76 bits per heavy atom. The third-order valence-corrected chi connectivity index (χ3v) is 3.54. The summed E-state index contributed by atoms with van der Waals surface area (Å²) in [7, 11) is 0. The van der Waals surface area contributed by atoms with Crippen LogP contribution in [-0.2, 0) is 9.53 Å². The summed E-state index contributed by atoms with van der Waals surface area (Å²) in [4.78, 5) is 24.0. The zero-order valence-electron chi connectivity index (χ0n) is 12.1. The Balaban J connectivity index is 2.11. The SMILES string of the molecule is CC(C)NC(=O)c1ccc(Cl)c(NC(=O)C2CCOC2)c1. The molecule has 5 nitrogen and oxygen atoms in total. The Morgan fingerprint density at radius 2 is 2.14 bits per heavy atom. The normalized spacial score (nSPS) is 17.8. The van der Waals surface area contributed by atoms with E-state index in [1.165, 1.54) is 0 Å². The molecule has 0 radical (unpaired) electrons. The number of anilines is 1. The molecule has 2 N–H and O–H groups in total. The van der Waals surface area contributed by atoms with Crippen molar-refractivity contribution >= 4 is 29.1 Å². The molecule has 1 aliphatic heterocycles. The molecule has 0 aliphatic carbocycles. The molecular weight excluding hydrogens is 292 g/mol. The van der Waals surface area contributed by atoms with Crippen molar-refractivity contribution in [2.45, 2.75) is 26.3 Å². The quantitative estimate of drug-likeness (QED) is 0.897. The molecule has 1 fully saturated rings. The van der Waals surface area contributed by atoms with Crippen molar-refractivity contribution in [3.63, 3.8) is 0 Å². The minimum atomic E-state index is -0.193. The Kier molecular flexibility index (Phi) is 5.20. The smallest absolute Gasteiger partial charge is 0.251 e. The molecule has 2 rings (SSSR count). The van der Waals surface area contributed by atoms with Gasteiger partial charge in [-0.1, -0.05) is 11.6 Å². The van der Waals surface area contributed by atoms with Crippen molar-refractivity contribution in [2.75, 3.05) is 18.5 Å². The minimum Gasteiger partial charge on any atom is -0.381 e. The second kappa shape index (κ2) is 6.91. The first-order chi connectivity index (χ1) is 9.97. The summed E-state index contributed by atoms with van der Waals surface area (Å²) in [5, 5.41) is 5.98. The van der Waals surface area contributed by atoms with Crippen LogP contribution in [0.5, 0.6) is 0 Å². The first-order valence-electron chi connectivity index (χ1n) is 6.96. The number of amides is 2.